The van der Waals surface area contributed by atoms with Gasteiger partial charge in [-0.1, -0.05) is 20.3 Å². The van der Waals surface area contributed by atoms with Crippen molar-refractivity contribution in [2.45, 2.75) is 34.1 Å². The van der Waals surface area contributed by atoms with Crippen molar-refractivity contribution < 1.29 is 0 Å². The maximum absolute atomic E-state index is 3.96. The van der Waals surface area contributed by atoms with Crippen molar-refractivity contribution in [2.24, 2.45) is 0 Å². The van der Waals surface area contributed by atoms with Gasteiger partial charge in [0.25, 0.3) is 0 Å². The summed E-state index contributed by atoms with van der Waals surface area (Å²) >= 11 is 0. The Morgan fingerprint density at radius 3 is 2.00 bits per heavy atom. The van der Waals surface area contributed by atoms with E-state index in [9.17, 15) is 0 Å². The van der Waals surface area contributed by atoms with Gasteiger partial charge >= 0.3 is 0 Å². The highest BCUT2D eigenvalue weighted by Crippen LogP contribution is 1.94. The van der Waals surface area contributed by atoms with E-state index in [1.54, 1.807) is 6.33 Å². The first-order valence-corrected chi connectivity index (χ1v) is 3.68. The molecule has 0 unspecified atom stereocenters. The fourth-order valence-corrected chi connectivity index (χ4v) is 0.427. The first kappa shape index (κ1) is 9.21. The van der Waals surface area contributed by atoms with Crippen molar-refractivity contribution in [3.63, 3.8) is 0 Å². The van der Waals surface area contributed by atoms with E-state index in [4.69, 9.17) is 0 Å². The van der Waals surface area contributed by atoms with Crippen molar-refractivity contribution in [1.29, 1.82) is 0 Å². The molecule has 0 fully saturated rings. The van der Waals surface area contributed by atoms with Gasteiger partial charge in [0.1, 0.15) is 0 Å². The molecule has 0 atom stereocenters. The van der Waals surface area contributed by atoms with Crippen molar-refractivity contribution >= 4 is 0 Å². The third-order valence-corrected chi connectivity index (χ3v) is 1.08. The lowest BCUT2D eigenvalue weighted by atomic mass is 10.4. The fraction of sp³-hybridized carbons (Fsp3) is 0.625. The lowest BCUT2D eigenvalue weighted by Crippen LogP contribution is -1.71. The van der Waals surface area contributed by atoms with E-state index in [-0.39, 0.29) is 0 Å². The summed E-state index contributed by atoms with van der Waals surface area (Å²) < 4.78 is 0. The van der Waals surface area contributed by atoms with Crippen LogP contribution in [0.1, 0.15) is 31.7 Å². The number of aromatic amines is 1. The Morgan fingerprint density at radius 1 is 1.40 bits per heavy atom. The van der Waals surface area contributed by atoms with Crippen molar-refractivity contribution in [1.82, 2.24) is 9.97 Å². The molecule has 2 heteroatoms. The molecule has 1 N–H and O–H groups in total. The van der Waals surface area contributed by atoms with Crippen LogP contribution in [0.4, 0.5) is 0 Å². The molecule has 1 heterocycles. The molecule has 0 aliphatic carbocycles. The Hall–Kier alpha value is -0.790. The highest BCUT2D eigenvalue weighted by molar-refractivity contribution is 5.04. The molecule has 0 radical (unpaired) electrons. The molecule has 2 nitrogen and oxygen atoms in total. The number of H-pyrrole nitrogens is 1. The van der Waals surface area contributed by atoms with Crippen LogP contribution >= 0.6 is 0 Å². The standard InChI is InChI=1S/C5H8N2.C3H8/c1-4-5(2)7-3-6-4;1-3-2/h3H,1-2H3,(H,6,7);3H2,1-2H3. The van der Waals surface area contributed by atoms with Crippen LogP contribution < -0.4 is 0 Å². The van der Waals surface area contributed by atoms with E-state index >= 15 is 0 Å². The highest BCUT2D eigenvalue weighted by Gasteiger charge is 1.87. The van der Waals surface area contributed by atoms with Gasteiger partial charge in [0.2, 0.25) is 0 Å². The van der Waals surface area contributed by atoms with Crippen LogP contribution in [0.2, 0.25) is 0 Å². The van der Waals surface area contributed by atoms with Gasteiger partial charge in [-0.25, -0.2) is 4.98 Å². The van der Waals surface area contributed by atoms with Crippen LogP contribution in [-0.2, 0) is 0 Å². The Bertz CT molecular complexity index is 151. The lowest BCUT2D eigenvalue weighted by molar-refractivity contribution is 1.09. The molecule has 0 bridgehead atoms. The van der Waals surface area contributed by atoms with Crippen LogP contribution in [-0.4, -0.2) is 9.97 Å². The molecule has 1 rings (SSSR count). The van der Waals surface area contributed by atoms with Gasteiger partial charge in [-0.2, -0.15) is 0 Å². The maximum Gasteiger partial charge on any atom is 0.0925 e. The molecular weight excluding hydrogens is 124 g/mol. The molecule has 0 aromatic carbocycles. The summed E-state index contributed by atoms with van der Waals surface area (Å²) in [6, 6.07) is 0. The molecular formula is C8H16N2. The zero-order valence-corrected chi connectivity index (χ0v) is 7.23. The van der Waals surface area contributed by atoms with Crippen molar-refractivity contribution in [3.8, 4) is 0 Å². The van der Waals surface area contributed by atoms with Crippen LogP contribution in [0.15, 0.2) is 6.33 Å². The smallest absolute Gasteiger partial charge is 0.0925 e. The average Bonchev–Trinajstić information content (AvgIpc) is 2.19. The van der Waals surface area contributed by atoms with Gasteiger partial charge in [-0.05, 0) is 13.8 Å². The largest absolute Gasteiger partial charge is 0.348 e. The Kier molecular flexibility index (Phi) is 4.63. The van der Waals surface area contributed by atoms with Crippen LogP contribution in [0.25, 0.3) is 0 Å². The molecule has 0 saturated heterocycles. The van der Waals surface area contributed by atoms with Crippen molar-refractivity contribution in [2.75, 3.05) is 0 Å². The predicted octanol–water partition coefficient (Wildman–Crippen LogP) is 2.44. The SMILES string of the molecule is CCC.Cc1nc[nH]c1C. The van der Waals surface area contributed by atoms with Crippen LogP contribution in [0.3, 0.4) is 0 Å². The lowest BCUT2D eigenvalue weighted by Gasteiger charge is -1.79. The Morgan fingerprint density at radius 2 is 1.90 bits per heavy atom. The minimum Gasteiger partial charge on any atom is -0.348 e. The van der Waals surface area contributed by atoms with E-state index in [2.05, 4.69) is 23.8 Å². The summed E-state index contributed by atoms with van der Waals surface area (Å²) in [5.74, 6) is 0. The van der Waals surface area contributed by atoms with Gasteiger partial charge in [-0.3, -0.25) is 0 Å². The molecule has 10 heavy (non-hydrogen) atoms. The second-order valence-corrected chi connectivity index (χ2v) is 2.32. The first-order valence-electron chi connectivity index (χ1n) is 3.68. The highest BCUT2D eigenvalue weighted by atomic mass is 14.9. The summed E-state index contributed by atoms with van der Waals surface area (Å²) in [7, 11) is 0. The van der Waals surface area contributed by atoms with E-state index in [1.165, 1.54) is 6.42 Å². The molecule has 58 valence electrons. The number of rotatable bonds is 0. The number of imidazole rings is 1. The van der Waals surface area contributed by atoms with E-state index < -0.39 is 0 Å². The topological polar surface area (TPSA) is 28.7 Å². The summed E-state index contributed by atoms with van der Waals surface area (Å²) in [5.41, 5.74) is 2.24. The number of aryl methyl sites for hydroxylation is 2. The first-order chi connectivity index (χ1) is 4.72. The summed E-state index contributed by atoms with van der Waals surface area (Å²) in [4.78, 5) is 6.92. The monoisotopic (exact) mass is 140 g/mol. The number of nitrogens with one attached hydrogen (secondary N) is 1. The van der Waals surface area contributed by atoms with Gasteiger partial charge in [0, 0.05) is 5.69 Å². The van der Waals surface area contributed by atoms with Gasteiger partial charge < -0.3 is 4.98 Å². The molecule has 1 aromatic rings. The minimum atomic E-state index is 1.08. The third kappa shape index (κ3) is 3.28. The second-order valence-electron chi connectivity index (χ2n) is 2.32. The predicted molar refractivity (Wildman–Crippen MR) is 44.0 cm³/mol. The zero-order valence-electron chi connectivity index (χ0n) is 7.23. The zero-order chi connectivity index (χ0) is 7.98. The van der Waals surface area contributed by atoms with E-state index in [1.807, 2.05) is 13.8 Å². The van der Waals surface area contributed by atoms with Gasteiger partial charge in [0.15, 0.2) is 0 Å². The summed E-state index contributed by atoms with van der Waals surface area (Å²) in [6.07, 6.45) is 2.95. The average molecular weight is 140 g/mol. The number of hydrogen-bond acceptors (Lipinski definition) is 1. The Labute approximate surface area is 62.7 Å². The van der Waals surface area contributed by atoms with Crippen molar-refractivity contribution in [3.05, 3.63) is 17.7 Å². The normalized spacial score (nSPS) is 8.40. The Balaban J connectivity index is 0.000000236. The molecule has 0 saturated carbocycles. The van der Waals surface area contributed by atoms with Crippen LogP contribution in [0.5, 0.6) is 0 Å². The van der Waals surface area contributed by atoms with E-state index in [0.717, 1.165) is 11.4 Å². The summed E-state index contributed by atoms with van der Waals surface area (Å²) in [6.45, 7) is 8.23. The number of aromatic nitrogens is 2. The van der Waals surface area contributed by atoms with E-state index in [0.29, 0.717) is 0 Å². The number of nitrogens with zero attached hydrogens (tertiary/aromatic N) is 1. The quantitative estimate of drug-likeness (QED) is 0.589. The summed E-state index contributed by atoms with van der Waals surface area (Å²) in [5, 5.41) is 0. The maximum atomic E-state index is 3.96. The van der Waals surface area contributed by atoms with Gasteiger partial charge in [-0.15, -0.1) is 0 Å². The second kappa shape index (κ2) is 5.03. The molecule has 0 aliphatic rings. The molecule has 1 aromatic heterocycles. The van der Waals surface area contributed by atoms with Gasteiger partial charge in [0.05, 0.1) is 12.0 Å². The number of hydrogen-bond donors (Lipinski definition) is 1. The molecule has 0 spiro atoms. The van der Waals surface area contributed by atoms with Crippen LogP contribution in [0, 0.1) is 13.8 Å². The molecule has 0 amide bonds. The molecule has 0 aliphatic heterocycles. The third-order valence-electron chi connectivity index (χ3n) is 1.08. The minimum absolute atomic E-state index is 1.08. The fourth-order valence-electron chi connectivity index (χ4n) is 0.427.